The third-order valence-corrected chi connectivity index (χ3v) is 8.04. The fraction of sp³-hybridized carbons (Fsp3) is 0.650. The highest BCUT2D eigenvalue weighted by molar-refractivity contribution is 9.11. The maximum Gasteiger partial charge on any atom is 0.408 e. The van der Waals surface area contributed by atoms with Crippen LogP contribution in [-0.2, 0) is 16.0 Å². The number of β-lactam (4-membered cyclic amide) rings is 1. The second-order valence-electron chi connectivity index (χ2n) is 8.29. The van der Waals surface area contributed by atoms with E-state index in [4.69, 9.17) is 0 Å². The number of carboxylic acids is 1. The van der Waals surface area contributed by atoms with Gasteiger partial charge >= 0.3 is 18.2 Å². The summed E-state index contributed by atoms with van der Waals surface area (Å²) >= 11 is 4.78. The number of likely N-dealkylation sites (tertiary alicyclic amines) is 1. The third-order valence-electron chi connectivity index (χ3n) is 6.36. The number of rotatable bonds is 6. The van der Waals surface area contributed by atoms with Crippen LogP contribution < -0.4 is 5.32 Å². The van der Waals surface area contributed by atoms with Crippen molar-refractivity contribution in [2.45, 2.75) is 69.6 Å². The molecule has 6 nitrogen and oxygen atoms in total. The highest BCUT2D eigenvalue weighted by atomic mass is 79.9. The lowest BCUT2D eigenvalue weighted by Crippen LogP contribution is -2.76. The van der Waals surface area contributed by atoms with Gasteiger partial charge in [0.25, 0.3) is 0 Å². The van der Waals surface area contributed by atoms with Gasteiger partial charge in [0.2, 0.25) is 5.91 Å². The van der Waals surface area contributed by atoms with Crippen molar-refractivity contribution < 1.29 is 32.7 Å². The Bertz CT molecular complexity index is 856. The van der Waals surface area contributed by atoms with E-state index in [-0.39, 0.29) is 6.42 Å². The van der Waals surface area contributed by atoms with Gasteiger partial charge in [0.1, 0.15) is 6.04 Å². The summed E-state index contributed by atoms with van der Waals surface area (Å²) in [4.78, 5) is 38.7. The van der Waals surface area contributed by atoms with Gasteiger partial charge in [0.05, 0.1) is 9.70 Å². The number of nitrogens with one attached hydrogen (secondary N) is 1. The molecule has 1 saturated heterocycles. The van der Waals surface area contributed by atoms with E-state index in [2.05, 4.69) is 15.9 Å². The van der Waals surface area contributed by atoms with Crippen LogP contribution in [0, 0.1) is 11.8 Å². The summed E-state index contributed by atoms with van der Waals surface area (Å²) in [5, 5.41) is 11.7. The monoisotopic (exact) mass is 524 g/mol. The van der Waals surface area contributed by atoms with E-state index in [0.29, 0.717) is 37.0 Å². The van der Waals surface area contributed by atoms with Gasteiger partial charge < -0.3 is 10.4 Å². The number of amides is 3. The number of carbonyl (C=O) groups is 3. The van der Waals surface area contributed by atoms with E-state index in [1.54, 1.807) is 0 Å². The minimum Gasteiger partial charge on any atom is -0.479 e. The first-order chi connectivity index (χ1) is 14.5. The zero-order chi connectivity index (χ0) is 23.0. The van der Waals surface area contributed by atoms with Crippen LogP contribution >= 0.6 is 27.3 Å². The fourth-order valence-electron chi connectivity index (χ4n) is 4.58. The topological polar surface area (TPSA) is 86.7 Å². The number of aryl methyl sites for hydroxylation is 1. The lowest BCUT2D eigenvalue weighted by atomic mass is 9.72. The Balaban J connectivity index is 1.74. The number of carbonyl (C=O) groups excluding carboxylic acids is 2. The van der Waals surface area contributed by atoms with Gasteiger partial charge in [-0.15, -0.1) is 11.3 Å². The van der Waals surface area contributed by atoms with Crippen LogP contribution in [0.25, 0.3) is 0 Å². The predicted molar refractivity (Wildman–Crippen MR) is 112 cm³/mol. The number of alkyl halides is 3. The molecule has 0 radical (unpaired) electrons. The van der Waals surface area contributed by atoms with Crippen LogP contribution in [0.1, 0.15) is 50.3 Å². The van der Waals surface area contributed by atoms with E-state index in [1.165, 1.54) is 18.3 Å². The molecule has 1 aromatic heterocycles. The first-order valence-corrected chi connectivity index (χ1v) is 11.8. The first kappa shape index (κ1) is 24.0. The normalized spacial score (nSPS) is 25.8. The summed E-state index contributed by atoms with van der Waals surface area (Å²) in [6.07, 6.45) is -1.29. The second kappa shape index (κ2) is 9.09. The van der Waals surface area contributed by atoms with Crippen molar-refractivity contribution in [3.63, 3.8) is 0 Å². The zero-order valence-electron chi connectivity index (χ0n) is 16.9. The van der Waals surface area contributed by atoms with Crippen LogP contribution in [0.5, 0.6) is 0 Å². The molecule has 0 spiro atoms. The molecule has 2 heterocycles. The summed E-state index contributed by atoms with van der Waals surface area (Å²) in [5.41, 5.74) is -1.89. The second-order valence-corrected chi connectivity index (χ2v) is 10.8. The van der Waals surface area contributed by atoms with E-state index >= 15 is 0 Å². The number of imide groups is 1. The van der Waals surface area contributed by atoms with Crippen molar-refractivity contribution in [2.75, 3.05) is 0 Å². The van der Waals surface area contributed by atoms with E-state index < -0.39 is 47.5 Å². The Labute approximate surface area is 190 Å². The maximum absolute atomic E-state index is 13.6. The Morgan fingerprint density at radius 2 is 1.97 bits per heavy atom. The molecule has 1 unspecified atom stereocenters. The largest absolute Gasteiger partial charge is 0.479 e. The van der Waals surface area contributed by atoms with Crippen LogP contribution in [0.3, 0.4) is 0 Å². The van der Waals surface area contributed by atoms with E-state index in [1.807, 2.05) is 17.4 Å². The van der Waals surface area contributed by atoms with Gasteiger partial charge in [-0.1, -0.05) is 19.3 Å². The number of halogens is 4. The molecule has 2 fully saturated rings. The molecule has 0 bridgehead atoms. The fourth-order valence-corrected chi connectivity index (χ4v) is 6.08. The molecule has 2 N–H and O–H groups in total. The first-order valence-electron chi connectivity index (χ1n) is 10.1. The number of carboxylic acid groups (broad SMARTS) is 1. The SMILES string of the molecule is CC1(C(=O)O)[C@@H](CCc2ccc(Br)s2)C(=O)N1C(=O)N[C@@H](C1CCCCC1)C(F)(F)F. The van der Waals surface area contributed by atoms with Crippen molar-refractivity contribution in [3.8, 4) is 0 Å². The van der Waals surface area contributed by atoms with Gasteiger partial charge in [0, 0.05) is 4.88 Å². The Morgan fingerprint density at radius 3 is 2.48 bits per heavy atom. The van der Waals surface area contributed by atoms with Crippen LogP contribution in [0.4, 0.5) is 18.0 Å². The van der Waals surface area contributed by atoms with Crippen molar-refractivity contribution in [1.82, 2.24) is 10.2 Å². The van der Waals surface area contributed by atoms with Crippen molar-refractivity contribution in [1.29, 1.82) is 0 Å². The average Bonchev–Trinajstić information content (AvgIpc) is 3.10. The molecule has 1 aromatic rings. The van der Waals surface area contributed by atoms with Crippen molar-refractivity contribution in [3.05, 3.63) is 20.8 Å². The number of urea groups is 1. The molecule has 31 heavy (non-hydrogen) atoms. The molecule has 1 aliphatic carbocycles. The Hall–Kier alpha value is -1.62. The number of hydrogen-bond donors (Lipinski definition) is 2. The average molecular weight is 525 g/mol. The van der Waals surface area contributed by atoms with Crippen LogP contribution in [0.15, 0.2) is 15.9 Å². The number of nitrogens with zero attached hydrogens (tertiary/aromatic N) is 1. The molecule has 11 heteroatoms. The molecule has 3 rings (SSSR count). The maximum atomic E-state index is 13.6. The lowest BCUT2D eigenvalue weighted by Gasteiger charge is -2.51. The molecule has 1 saturated carbocycles. The van der Waals surface area contributed by atoms with Crippen LogP contribution in [0.2, 0.25) is 0 Å². The van der Waals surface area contributed by atoms with Gasteiger partial charge in [0.15, 0.2) is 5.54 Å². The lowest BCUT2D eigenvalue weighted by molar-refractivity contribution is -0.182. The van der Waals surface area contributed by atoms with Gasteiger partial charge in [-0.2, -0.15) is 13.2 Å². The minimum atomic E-state index is -4.68. The number of hydrogen-bond acceptors (Lipinski definition) is 4. The van der Waals surface area contributed by atoms with Crippen molar-refractivity contribution >= 4 is 45.2 Å². The Morgan fingerprint density at radius 1 is 1.32 bits per heavy atom. The summed E-state index contributed by atoms with van der Waals surface area (Å²) in [6, 6.07) is 0.284. The highest BCUT2D eigenvalue weighted by Crippen LogP contribution is 2.42. The van der Waals surface area contributed by atoms with Crippen molar-refractivity contribution in [2.24, 2.45) is 11.8 Å². The van der Waals surface area contributed by atoms with Gasteiger partial charge in [-0.25, -0.2) is 14.5 Å². The summed E-state index contributed by atoms with van der Waals surface area (Å²) < 4.78 is 41.8. The van der Waals surface area contributed by atoms with Crippen LogP contribution in [-0.4, -0.2) is 45.7 Å². The smallest absolute Gasteiger partial charge is 0.408 e. The molecule has 1 aliphatic heterocycles. The molecule has 0 aromatic carbocycles. The molecular formula is C20H24BrF3N2O4S. The standard InChI is InChI=1S/C20H24BrF3N2O4S/c1-19(17(28)29)13(9-7-12-8-10-14(21)31-12)16(27)26(19)18(30)25-15(20(22,23)24)11-5-3-2-4-6-11/h8,10-11,13,15H,2-7,9H2,1H3,(H,25,30)(H,28,29)/t13-,15-,19?/m0/s1. The number of aliphatic carboxylic acids is 1. The van der Waals surface area contributed by atoms with Gasteiger partial charge in [-0.3, -0.25) is 4.79 Å². The highest BCUT2D eigenvalue weighted by Gasteiger charge is 2.65. The minimum absolute atomic E-state index is 0.184. The third kappa shape index (κ3) is 4.76. The summed E-state index contributed by atoms with van der Waals surface area (Å²) in [7, 11) is 0. The zero-order valence-corrected chi connectivity index (χ0v) is 19.3. The molecule has 172 valence electrons. The molecular weight excluding hydrogens is 501 g/mol. The number of thiophene rings is 1. The van der Waals surface area contributed by atoms with Gasteiger partial charge in [-0.05, 0) is 66.6 Å². The van der Waals surface area contributed by atoms with E-state index in [9.17, 15) is 32.7 Å². The summed E-state index contributed by atoms with van der Waals surface area (Å²) in [6.45, 7) is 1.22. The predicted octanol–water partition coefficient (Wildman–Crippen LogP) is 4.97. The Kier molecular flexibility index (Phi) is 7.05. The molecule has 2 aliphatic rings. The summed E-state index contributed by atoms with van der Waals surface area (Å²) in [5.74, 6) is -3.95. The van der Waals surface area contributed by atoms with E-state index in [0.717, 1.165) is 15.1 Å². The molecule has 3 amide bonds. The molecule has 3 atom stereocenters. The quantitative estimate of drug-likeness (QED) is 0.514.